The maximum atomic E-state index is 11.9. The van der Waals surface area contributed by atoms with Crippen molar-refractivity contribution in [3.63, 3.8) is 0 Å². The lowest BCUT2D eigenvalue weighted by atomic mass is 10.2. The van der Waals surface area contributed by atoms with Crippen molar-refractivity contribution in [1.29, 1.82) is 0 Å². The number of hydrogen-bond acceptors (Lipinski definition) is 3. The summed E-state index contributed by atoms with van der Waals surface area (Å²) in [6.45, 7) is 2.06. The highest BCUT2D eigenvalue weighted by Crippen LogP contribution is 2.21. The average Bonchev–Trinajstić information content (AvgIpc) is 2.74. The minimum absolute atomic E-state index is 0.206. The SMILES string of the molecule is Cc1ccccc1SCC(=O)Cc1nccn1C. The normalized spacial score (nSPS) is 10.6. The summed E-state index contributed by atoms with van der Waals surface area (Å²) in [6, 6.07) is 8.12. The third-order valence-corrected chi connectivity index (χ3v) is 3.99. The maximum Gasteiger partial charge on any atom is 0.150 e. The van der Waals surface area contributed by atoms with Crippen LogP contribution in [0, 0.1) is 6.92 Å². The summed E-state index contributed by atoms with van der Waals surface area (Å²) in [6.07, 6.45) is 3.98. The highest BCUT2D eigenvalue weighted by molar-refractivity contribution is 8.00. The van der Waals surface area contributed by atoms with E-state index in [0.717, 1.165) is 5.82 Å². The lowest BCUT2D eigenvalue weighted by Gasteiger charge is -2.04. The number of Topliss-reactive ketones (excluding diaryl/α,β-unsaturated/α-hetero) is 1. The molecule has 0 saturated heterocycles. The molecule has 0 amide bonds. The molecule has 0 atom stereocenters. The summed E-state index contributed by atoms with van der Waals surface area (Å²) < 4.78 is 1.89. The van der Waals surface area contributed by atoms with Crippen LogP contribution < -0.4 is 0 Å². The molecular weight excluding hydrogens is 244 g/mol. The Hall–Kier alpha value is -1.55. The standard InChI is InChI=1S/C14H16N2OS/c1-11-5-3-4-6-13(11)18-10-12(17)9-14-15-7-8-16(14)2/h3-8H,9-10H2,1-2H3. The minimum atomic E-state index is 0.206. The quantitative estimate of drug-likeness (QED) is 0.775. The summed E-state index contributed by atoms with van der Waals surface area (Å²) in [7, 11) is 1.91. The number of aryl methyl sites for hydroxylation is 2. The van der Waals surface area contributed by atoms with Gasteiger partial charge in [-0.05, 0) is 18.6 Å². The molecule has 94 valence electrons. The first-order valence-electron chi connectivity index (χ1n) is 5.83. The van der Waals surface area contributed by atoms with Gasteiger partial charge in [0.1, 0.15) is 5.82 Å². The van der Waals surface area contributed by atoms with E-state index in [4.69, 9.17) is 0 Å². The summed E-state index contributed by atoms with van der Waals surface area (Å²) in [5, 5.41) is 0. The highest BCUT2D eigenvalue weighted by atomic mass is 32.2. The average molecular weight is 260 g/mol. The molecule has 0 aliphatic heterocycles. The Kier molecular flexibility index (Phi) is 4.20. The molecule has 18 heavy (non-hydrogen) atoms. The largest absolute Gasteiger partial charge is 0.338 e. The van der Waals surface area contributed by atoms with Crippen molar-refractivity contribution in [2.75, 3.05) is 5.75 Å². The zero-order valence-corrected chi connectivity index (χ0v) is 11.4. The molecule has 0 spiro atoms. The van der Waals surface area contributed by atoms with Crippen LogP contribution in [0.25, 0.3) is 0 Å². The van der Waals surface area contributed by atoms with Crippen molar-refractivity contribution in [3.05, 3.63) is 48.0 Å². The third-order valence-electron chi connectivity index (χ3n) is 2.76. The predicted molar refractivity (Wildman–Crippen MR) is 73.8 cm³/mol. The molecule has 0 bridgehead atoms. The number of hydrogen-bond donors (Lipinski definition) is 0. The van der Waals surface area contributed by atoms with Crippen LogP contribution in [0.1, 0.15) is 11.4 Å². The summed E-state index contributed by atoms with van der Waals surface area (Å²) >= 11 is 1.60. The first-order chi connectivity index (χ1) is 8.66. The van der Waals surface area contributed by atoms with E-state index < -0.39 is 0 Å². The number of rotatable bonds is 5. The second-order valence-electron chi connectivity index (χ2n) is 4.22. The molecular formula is C14H16N2OS. The molecule has 0 aliphatic carbocycles. The first-order valence-corrected chi connectivity index (χ1v) is 6.81. The third kappa shape index (κ3) is 3.23. The Balaban J connectivity index is 1.90. The molecule has 1 aromatic carbocycles. The maximum absolute atomic E-state index is 11.9. The zero-order chi connectivity index (χ0) is 13.0. The molecule has 0 aliphatic rings. The fraction of sp³-hybridized carbons (Fsp3) is 0.286. The lowest BCUT2D eigenvalue weighted by Crippen LogP contribution is -2.10. The van der Waals surface area contributed by atoms with Crippen molar-refractivity contribution in [1.82, 2.24) is 9.55 Å². The van der Waals surface area contributed by atoms with Gasteiger partial charge in [0.05, 0.1) is 12.2 Å². The van der Waals surface area contributed by atoms with Crippen LogP contribution in [-0.2, 0) is 18.3 Å². The summed E-state index contributed by atoms with van der Waals surface area (Å²) in [4.78, 5) is 17.2. The fourth-order valence-corrected chi connectivity index (χ4v) is 2.56. The molecule has 1 heterocycles. The predicted octanol–water partition coefficient (Wildman–Crippen LogP) is 2.63. The Morgan fingerprint density at radius 2 is 2.17 bits per heavy atom. The van der Waals surface area contributed by atoms with Crippen LogP contribution >= 0.6 is 11.8 Å². The van der Waals surface area contributed by atoms with Crippen molar-refractivity contribution < 1.29 is 4.79 Å². The number of aromatic nitrogens is 2. The van der Waals surface area contributed by atoms with Crippen molar-refractivity contribution in [2.45, 2.75) is 18.2 Å². The molecule has 0 unspecified atom stereocenters. The number of ketones is 1. The van der Waals surface area contributed by atoms with Crippen LogP contribution in [-0.4, -0.2) is 21.1 Å². The molecule has 2 rings (SSSR count). The fourth-order valence-electron chi connectivity index (χ4n) is 1.67. The van der Waals surface area contributed by atoms with Crippen molar-refractivity contribution in [2.24, 2.45) is 7.05 Å². The van der Waals surface area contributed by atoms with Crippen molar-refractivity contribution >= 4 is 17.5 Å². The number of benzene rings is 1. The highest BCUT2D eigenvalue weighted by Gasteiger charge is 2.08. The number of carbonyl (C=O) groups is 1. The van der Waals surface area contributed by atoms with Gasteiger partial charge in [0.25, 0.3) is 0 Å². The summed E-state index contributed by atoms with van der Waals surface area (Å²) in [5.74, 6) is 1.53. The zero-order valence-electron chi connectivity index (χ0n) is 10.6. The van der Waals surface area contributed by atoms with Gasteiger partial charge in [-0.15, -0.1) is 11.8 Å². The second kappa shape index (κ2) is 5.87. The Labute approximate surface area is 111 Å². The Morgan fingerprint density at radius 3 is 2.83 bits per heavy atom. The lowest BCUT2D eigenvalue weighted by molar-refractivity contribution is -0.116. The van der Waals surface area contributed by atoms with E-state index in [2.05, 4.69) is 18.0 Å². The van der Waals surface area contributed by atoms with Gasteiger partial charge in [-0.1, -0.05) is 18.2 Å². The van der Waals surface area contributed by atoms with E-state index >= 15 is 0 Å². The monoisotopic (exact) mass is 260 g/mol. The molecule has 0 radical (unpaired) electrons. The van der Waals surface area contributed by atoms with Gasteiger partial charge in [0.15, 0.2) is 5.78 Å². The Morgan fingerprint density at radius 1 is 1.39 bits per heavy atom. The van der Waals surface area contributed by atoms with Crippen LogP contribution in [0.3, 0.4) is 0 Å². The topological polar surface area (TPSA) is 34.9 Å². The molecule has 3 nitrogen and oxygen atoms in total. The molecule has 0 fully saturated rings. The van der Waals surface area contributed by atoms with Crippen LogP contribution in [0.4, 0.5) is 0 Å². The van der Waals surface area contributed by atoms with Gasteiger partial charge in [-0.2, -0.15) is 0 Å². The van der Waals surface area contributed by atoms with Gasteiger partial charge in [-0.25, -0.2) is 4.98 Å². The van der Waals surface area contributed by atoms with E-state index in [1.807, 2.05) is 36.0 Å². The number of imidazole rings is 1. The van der Waals surface area contributed by atoms with Gasteiger partial charge < -0.3 is 4.57 Å². The molecule has 0 N–H and O–H groups in total. The number of thioether (sulfide) groups is 1. The van der Waals surface area contributed by atoms with Crippen LogP contribution in [0.15, 0.2) is 41.6 Å². The minimum Gasteiger partial charge on any atom is -0.338 e. The molecule has 2 aromatic rings. The van der Waals surface area contributed by atoms with Crippen LogP contribution in [0.2, 0.25) is 0 Å². The van der Waals surface area contributed by atoms with E-state index in [0.29, 0.717) is 12.2 Å². The van der Waals surface area contributed by atoms with Gasteiger partial charge in [-0.3, -0.25) is 4.79 Å². The number of nitrogens with zero attached hydrogens (tertiary/aromatic N) is 2. The van der Waals surface area contributed by atoms with E-state index in [-0.39, 0.29) is 5.78 Å². The molecule has 0 saturated carbocycles. The van der Waals surface area contributed by atoms with Gasteiger partial charge in [0, 0.05) is 24.3 Å². The van der Waals surface area contributed by atoms with Gasteiger partial charge in [0.2, 0.25) is 0 Å². The summed E-state index contributed by atoms with van der Waals surface area (Å²) in [5.41, 5.74) is 1.22. The van der Waals surface area contributed by atoms with Crippen molar-refractivity contribution in [3.8, 4) is 0 Å². The van der Waals surface area contributed by atoms with Gasteiger partial charge >= 0.3 is 0 Å². The van der Waals surface area contributed by atoms with E-state index in [1.165, 1.54) is 10.5 Å². The van der Waals surface area contributed by atoms with E-state index in [9.17, 15) is 4.79 Å². The molecule has 1 aromatic heterocycles. The second-order valence-corrected chi connectivity index (χ2v) is 5.24. The first kappa shape index (κ1) is 12.9. The van der Waals surface area contributed by atoms with E-state index in [1.54, 1.807) is 18.0 Å². The van der Waals surface area contributed by atoms with Crippen LogP contribution in [0.5, 0.6) is 0 Å². The molecule has 4 heteroatoms. The smallest absolute Gasteiger partial charge is 0.150 e. The Bertz CT molecular complexity index is 548. The number of carbonyl (C=O) groups excluding carboxylic acids is 1.